The number of aromatic amines is 1. The SMILES string of the molecule is CCCOc1ccc([C@@H]2N[C@@H](C(=O)O)Cc3[nH]cnc32)cc1. The van der Waals surface area contributed by atoms with Crippen LogP contribution in [0.15, 0.2) is 30.6 Å². The maximum absolute atomic E-state index is 11.3. The summed E-state index contributed by atoms with van der Waals surface area (Å²) in [7, 11) is 0. The predicted molar refractivity (Wildman–Crippen MR) is 80.9 cm³/mol. The average molecular weight is 301 g/mol. The second-order valence-corrected chi connectivity index (χ2v) is 5.38. The fourth-order valence-corrected chi connectivity index (χ4v) is 2.68. The van der Waals surface area contributed by atoms with Crippen LogP contribution in [0.3, 0.4) is 0 Å². The van der Waals surface area contributed by atoms with E-state index in [0.29, 0.717) is 13.0 Å². The number of fused-ring (bicyclic) bond motifs is 1. The van der Waals surface area contributed by atoms with Gasteiger partial charge in [-0.05, 0) is 24.1 Å². The molecule has 1 aliphatic heterocycles. The van der Waals surface area contributed by atoms with Gasteiger partial charge in [0.25, 0.3) is 0 Å². The topological polar surface area (TPSA) is 87.2 Å². The van der Waals surface area contributed by atoms with Gasteiger partial charge in [-0.15, -0.1) is 0 Å². The number of carbonyl (C=O) groups is 1. The first-order chi connectivity index (χ1) is 10.7. The Hall–Kier alpha value is -2.34. The van der Waals surface area contributed by atoms with Gasteiger partial charge < -0.3 is 14.8 Å². The van der Waals surface area contributed by atoms with Gasteiger partial charge in [0.05, 0.1) is 24.7 Å². The van der Waals surface area contributed by atoms with Crippen molar-refractivity contribution in [3.8, 4) is 5.75 Å². The maximum atomic E-state index is 11.3. The van der Waals surface area contributed by atoms with Gasteiger partial charge in [0.2, 0.25) is 0 Å². The third kappa shape index (κ3) is 2.82. The van der Waals surface area contributed by atoms with E-state index in [1.165, 1.54) is 0 Å². The molecule has 6 nitrogen and oxygen atoms in total. The molecule has 0 bridgehead atoms. The van der Waals surface area contributed by atoms with Gasteiger partial charge in [0.15, 0.2) is 0 Å². The summed E-state index contributed by atoms with van der Waals surface area (Å²) >= 11 is 0. The molecule has 1 aromatic heterocycles. The van der Waals surface area contributed by atoms with Crippen LogP contribution in [-0.4, -0.2) is 33.7 Å². The molecular weight excluding hydrogens is 282 g/mol. The van der Waals surface area contributed by atoms with E-state index in [-0.39, 0.29) is 6.04 Å². The van der Waals surface area contributed by atoms with Crippen molar-refractivity contribution in [3.05, 3.63) is 47.5 Å². The summed E-state index contributed by atoms with van der Waals surface area (Å²) in [6, 6.07) is 6.87. The van der Waals surface area contributed by atoms with Crippen LogP contribution in [0.5, 0.6) is 5.75 Å². The van der Waals surface area contributed by atoms with Crippen molar-refractivity contribution >= 4 is 5.97 Å². The van der Waals surface area contributed by atoms with E-state index in [4.69, 9.17) is 4.74 Å². The maximum Gasteiger partial charge on any atom is 0.321 e. The minimum absolute atomic E-state index is 0.226. The van der Waals surface area contributed by atoms with Gasteiger partial charge in [0.1, 0.15) is 11.8 Å². The Morgan fingerprint density at radius 2 is 2.18 bits per heavy atom. The molecule has 116 valence electrons. The Labute approximate surface area is 128 Å². The van der Waals surface area contributed by atoms with Gasteiger partial charge in [-0.1, -0.05) is 19.1 Å². The Balaban J connectivity index is 1.85. The number of ether oxygens (including phenoxy) is 1. The van der Waals surface area contributed by atoms with E-state index < -0.39 is 12.0 Å². The minimum atomic E-state index is -0.854. The molecule has 0 saturated heterocycles. The standard InChI is InChI=1S/C16H19N3O3/c1-2-7-22-11-5-3-10(4-6-11)14-15-12(17-9-18-15)8-13(19-14)16(20)21/h3-6,9,13-14,19H,2,7-8H2,1H3,(H,17,18)(H,20,21)/t13-,14+/m1/s1. The van der Waals surface area contributed by atoms with Gasteiger partial charge in [-0.3, -0.25) is 10.1 Å². The minimum Gasteiger partial charge on any atom is -0.494 e. The largest absolute Gasteiger partial charge is 0.494 e. The van der Waals surface area contributed by atoms with Crippen molar-refractivity contribution in [2.45, 2.75) is 31.8 Å². The van der Waals surface area contributed by atoms with Crippen LogP contribution >= 0.6 is 0 Å². The number of carboxylic acids is 1. The van der Waals surface area contributed by atoms with Crippen LogP contribution in [0.25, 0.3) is 0 Å². The molecule has 0 amide bonds. The zero-order valence-electron chi connectivity index (χ0n) is 12.4. The number of benzene rings is 1. The fraction of sp³-hybridized carbons (Fsp3) is 0.375. The third-order valence-electron chi connectivity index (χ3n) is 3.79. The quantitative estimate of drug-likeness (QED) is 0.785. The molecule has 1 aliphatic rings. The molecule has 1 aromatic carbocycles. The lowest BCUT2D eigenvalue weighted by Gasteiger charge is -2.28. The van der Waals surface area contributed by atoms with Crippen LogP contribution in [0.4, 0.5) is 0 Å². The molecule has 0 aliphatic carbocycles. The molecule has 0 radical (unpaired) electrons. The summed E-state index contributed by atoms with van der Waals surface area (Å²) in [4.78, 5) is 18.7. The predicted octanol–water partition coefficient (Wildman–Crippen LogP) is 1.89. The lowest BCUT2D eigenvalue weighted by molar-refractivity contribution is -0.139. The third-order valence-corrected chi connectivity index (χ3v) is 3.79. The molecule has 2 heterocycles. The molecule has 2 atom stereocenters. The number of hydrogen-bond donors (Lipinski definition) is 3. The highest BCUT2D eigenvalue weighted by Gasteiger charge is 2.33. The average Bonchev–Trinajstić information content (AvgIpc) is 3.01. The zero-order valence-corrected chi connectivity index (χ0v) is 12.4. The summed E-state index contributed by atoms with van der Waals surface area (Å²) in [5.74, 6) is -0.0356. The van der Waals surface area contributed by atoms with Crippen molar-refractivity contribution in [1.29, 1.82) is 0 Å². The van der Waals surface area contributed by atoms with Crippen LogP contribution in [-0.2, 0) is 11.2 Å². The molecule has 6 heteroatoms. The second-order valence-electron chi connectivity index (χ2n) is 5.38. The van der Waals surface area contributed by atoms with E-state index in [2.05, 4.69) is 22.2 Å². The molecule has 3 rings (SSSR count). The molecule has 2 aromatic rings. The Kier molecular flexibility index (Phi) is 4.11. The van der Waals surface area contributed by atoms with Crippen LogP contribution in [0, 0.1) is 0 Å². The van der Waals surface area contributed by atoms with Gasteiger partial charge in [-0.2, -0.15) is 0 Å². The Bertz CT molecular complexity index is 651. The molecule has 0 spiro atoms. The van der Waals surface area contributed by atoms with E-state index in [1.54, 1.807) is 6.33 Å². The molecule has 3 N–H and O–H groups in total. The fourth-order valence-electron chi connectivity index (χ4n) is 2.68. The van der Waals surface area contributed by atoms with Crippen molar-refractivity contribution in [2.24, 2.45) is 0 Å². The number of nitrogens with zero attached hydrogens (tertiary/aromatic N) is 1. The highest BCUT2D eigenvalue weighted by Crippen LogP contribution is 2.29. The number of hydrogen-bond acceptors (Lipinski definition) is 4. The lowest BCUT2D eigenvalue weighted by atomic mass is 9.94. The summed E-state index contributed by atoms with van der Waals surface area (Å²) in [6.07, 6.45) is 2.99. The van der Waals surface area contributed by atoms with E-state index in [9.17, 15) is 9.90 Å². The number of rotatable bonds is 5. The van der Waals surface area contributed by atoms with E-state index >= 15 is 0 Å². The van der Waals surface area contributed by atoms with Crippen LogP contribution in [0.1, 0.15) is 36.3 Å². The van der Waals surface area contributed by atoms with Crippen molar-refractivity contribution in [2.75, 3.05) is 6.61 Å². The molecule has 22 heavy (non-hydrogen) atoms. The Morgan fingerprint density at radius 3 is 2.86 bits per heavy atom. The molecule has 0 fully saturated rings. The van der Waals surface area contributed by atoms with Crippen LogP contribution < -0.4 is 10.1 Å². The number of aromatic nitrogens is 2. The number of H-pyrrole nitrogens is 1. The summed E-state index contributed by atoms with van der Waals surface area (Å²) in [5, 5.41) is 12.4. The highest BCUT2D eigenvalue weighted by molar-refractivity contribution is 5.74. The van der Waals surface area contributed by atoms with Crippen LogP contribution in [0.2, 0.25) is 0 Å². The summed E-state index contributed by atoms with van der Waals surface area (Å²) in [6.45, 7) is 2.75. The summed E-state index contributed by atoms with van der Waals surface area (Å²) < 4.78 is 5.57. The van der Waals surface area contributed by atoms with E-state index in [0.717, 1.165) is 29.1 Å². The highest BCUT2D eigenvalue weighted by atomic mass is 16.5. The van der Waals surface area contributed by atoms with Crippen molar-refractivity contribution in [1.82, 2.24) is 15.3 Å². The van der Waals surface area contributed by atoms with Crippen molar-refractivity contribution < 1.29 is 14.6 Å². The smallest absolute Gasteiger partial charge is 0.321 e. The number of aliphatic carboxylic acids is 1. The number of nitrogens with one attached hydrogen (secondary N) is 2. The second kappa shape index (κ2) is 6.19. The summed E-state index contributed by atoms with van der Waals surface area (Å²) in [5.41, 5.74) is 2.71. The molecule has 0 unspecified atom stereocenters. The molecule has 0 saturated carbocycles. The number of carboxylic acid groups (broad SMARTS) is 1. The monoisotopic (exact) mass is 301 g/mol. The van der Waals surface area contributed by atoms with Gasteiger partial charge in [-0.25, -0.2) is 4.98 Å². The van der Waals surface area contributed by atoms with Gasteiger partial charge >= 0.3 is 5.97 Å². The molecular formula is C16H19N3O3. The Morgan fingerprint density at radius 1 is 1.41 bits per heavy atom. The lowest BCUT2D eigenvalue weighted by Crippen LogP contribution is -2.45. The normalized spacial score (nSPS) is 20.4. The van der Waals surface area contributed by atoms with Crippen molar-refractivity contribution in [3.63, 3.8) is 0 Å². The van der Waals surface area contributed by atoms with E-state index in [1.807, 2.05) is 24.3 Å². The first-order valence-corrected chi connectivity index (χ1v) is 7.42. The number of imidazole rings is 1. The first-order valence-electron chi connectivity index (χ1n) is 7.42. The zero-order chi connectivity index (χ0) is 15.5. The van der Waals surface area contributed by atoms with Gasteiger partial charge in [0, 0.05) is 12.1 Å². The first kappa shape index (κ1) is 14.6.